The van der Waals surface area contributed by atoms with Gasteiger partial charge in [0.15, 0.2) is 5.82 Å². The van der Waals surface area contributed by atoms with E-state index in [0.717, 1.165) is 18.7 Å². The van der Waals surface area contributed by atoms with Gasteiger partial charge in [-0.15, -0.1) is 0 Å². The predicted octanol–water partition coefficient (Wildman–Crippen LogP) is 4.88. The third-order valence-electron chi connectivity index (χ3n) is 4.26. The molecule has 3 aromatic rings. The maximum Gasteiger partial charge on any atom is 0.248 e. The van der Waals surface area contributed by atoms with Crippen molar-refractivity contribution in [3.8, 4) is 11.6 Å². The molecule has 26 heavy (non-hydrogen) atoms. The number of nitrogens with zero attached hydrogens (tertiary/aromatic N) is 3. The quantitative estimate of drug-likeness (QED) is 0.688. The fourth-order valence-corrected chi connectivity index (χ4v) is 2.82. The average Bonchev–Trinajstić information content (AvgIpc) is 2.66. The summed E-state index contributed by atoms with van der Waals surface area (Å²) in [6.07, 6.45) is 2.47. The first-order valence-electron chi connectivity index (χ1n) is 8.83. The van der Waals surface area contributed by atoms with E-state index in [1.807, 2.05) is 36.4 Å². The minimum absolute atomic E-state index is 0.366. The Labute approximate surface area is 154 Å². The van der Waals surface area contributed by atoms with Crippen molar-refractivity contribution in [3.63, 3.8) is 0 Å². The van der Waals surface area contributed by atoms with Crippen LogP contribution in [0.4, 0.5) is 17.2 Å². The monoisotopic (exact) mass is 348 g/mol. The van der Waals surface area contributed by atoms with Gasteiger partial charge in [0.25, 0.3) is 0 Å². The van der Waals surface area contributed by atoms with Crippen molar-refractivity contribution in [1.29, 1.82) is 0 Å². The third-order valence-corrected chi connectivity index (χ3v) is 4.26. The number of hydrogen-bond acceptors (Lipinski definition) is 5. The molecule has 5 nitrogen and oxygen atoms in total. The molecule has 2 N–H and O–H groups in total. The van der Waals surface area contributed by atoms with E-state index in [-0.39, 0.29) is 0 Å². The van der Waals surface area contributed by atoms with Gasteiger partial charge in [-0.2, -0.15) is 4.98 Å². The maximum atomic E-state index is 6.35. The Morgan fingerprint density at radius 3 is 2.46 bits per heavy atom. The number of aryl methyl sites for hydroxylation is 2. The first-order valence-corrected chi connectivity index (χ1v) is 8.83. The summed E-state index contributed by atoms with van der Waals surface area (Å²) in [4.78, 5) is 10.7. The Morgan fingerprint density at radius 2 is 1.81 bits per heavy atom. The van der Waals surface area contributed by atoms with Gasteiger partial charge in [0.2, 0.25) is 5.88 Å². The molecule has 0 saturated heterocycles. The molecule has 1 aromatic heterocycles. The zero-order valence-corrected chi connectivity index (χ0v) is 15.4. The summed E-state index contributed by atoms with van der Waals surface area (Å²) in [5, 5.41) is 0. The van der Waals surface area contributed by atoms with Gasteiger partial charge in [-0.05, 0) is 55.7 Å². The molecule has 0 radical (unpaired) electrons. The van der Waals surface area contributed by atoms with Crippen molar-refractivity contribution in [2.75, 3.05) is 17.2 Å². The molecule has 0 spiro atoms. The van der Waals surface area contributed by atoms with Crippen LogP contribution in [0.25, 0.3) is 0 Å². The first-order chi connectivity index (χ1) is 12.6. The normalized spacial score (nSPS) is 10.6. The van der Waals surface area contributed by atoms with E-state index < -0.39 is 0 Å². The van der Waals surface area contributed by atoms with Crippen LogP contribution in [0.5, 0.6) is 11.6 Å². The molecule has 134 valence electrons. The zero-order valence-electron chi connectivity index (χ0n) is 15.4. The predicted molar refractivity (Wildman–Crippen MR) is 106 cm³/mol. The third kappa shape index (κ3) is 3.77. The highest BCUT2D eigenvalue weighted by Crippen LogP contribution is 2.35. The number of nitrogen functional groups attached to an aromatic ring is 1. The van der Waals surface area contributed by atoms with E-state index in [9.17, 15) is 0 Å². The summed E-state index contributed by atoms with van der Waals surface area (Å²) in [6.45, 7) is 6.98. The van der Waals surface area contributed by atoms with Crippen molar-refractivity contribution >= 4 is 17.2 Å². The smallest absolute Gasteiger partial charge is 0.248 e. The number of nitrogens with two attached hydrogens (primary N) is 1. The molecule has 0 atom stereocenters. The van der Waals surface area contributed by atoms with Gasteiger partial charge in [-0.1, -0.05) is 31.2 Å². The van der Waals surface area contributed by atoms with Gasteiger partial charge < -0.3 is 15.4 Å². The number of anilines is 3. The van der Waals surface area contributed by atoms with Crippen LogP contribution in [0.1, 0.15) is 25.0 Å². The number of rotatable bonds is 6. The van der Waals surface area contributed by atoms with Crippen LogP contribution < -0.4 is 15.4 Å². The van der Waals surface area contributed by atoms with Gasteiger partial charge in [-0.25, -0.2) is 4.98 Å². The van der Waals surface area contributed by atoms with Crippen molar-refractivity contribution in [2.24, 2.45) is 0 Å². The molecule has 1 heterocycles. The van der Waals surface area contributed by atoms with Crippen LogP contribution in [0.2, 0.25) is 0 Å². The fourth-order valence-electron chi connectivity index (χ4n) is 2.82. The molecule has 3 rings (SSSR count). The maximum absolute atomic E-state index is 6.35. The molecular formula is C21H24N4O. The van der Waals surface area contributed by atoms with Crippen LogP contribution in [0.3, 0.4) is 0 Å². The summed E-state index contributed by atoms with van der Waals surface area (Å²) >= 11 is 0. The summed E-state index contributed by atoms with van der Waals surface area (Å²) < 4.78 is 5.90. The fraction of sp³-hybridized carbons (Fsp3) is 0.238. The molecule has 0 fully saturated rings. The van der Waals surface area contributed by atoms with Crippen LogP contribution >= 0.6 is 0 Å². The highest BCUT2D eigenvalue weighted by atomic mass is 16.5. The lowest BCUT2D eigenvalue weighted by molar-refractivity contribution is 0.464. The number of aromatic nitrogens is 2. The molecule has 0 saturated carbocycles. The number of hydrogen-bond donors (Lipinski definition) is 1. The SMILES string of the molecule is CCc1ccc(Oc2ncnc(N(CC)c3cccc(C)c3)c2N)cc1. The van der Waals surface area contributed by atoms with E-state index >= 15 is 0 Å². The summed E-state index contributed by atoms with van der Waals surface area (Å²) in [5.74, 6) is 1.72. The molecular weight excluding hydrogens is 324 g/mol. The second kappa shape index (κ2) is 7.87. The van der Waals surface area contributed by atoms with E-state index in [1.165, 1.54) is 17.5 Å². The van der Waals surface area contributed by atoms with E-state index in [2.05, 4.69) is 47.8 Å². The highest BCUT2D eigenvalue weighted by molar-refractivity contribution is 5.74. The summed E-state index contributed by atoms with van der Waals surface area (Å²) in [6, 6.07) is 16.2. The van der Waals surface area contributed by atoms with Crippen molar-refractivity contribution in [2.45, 2.75) is 27.2 Å². The zero-order chi connectivity index (χ0) is 18.5. The minimum atomic E-state index is 0.366. The Kier molecular flexibility index (Phi) is 5.37. The summed E-state index contributed by atoms with van der Waals surface area (Å²) in [7, 11) is 0. The Bertz CT molecular complexity index is 877. The molecule has 0 aliphatic carbocycles. The van der Waals surface area contributed by atoms with Gasteiger partial charge >= 0.3 is 0 Å². The largest absolute Gasteiger partial charge is 0.437 e. The lowest BCUT2D eigenvalue weighted by atomic mass is 10.2. The van der Waals surface area contributed by atoms with Gasteiger partial charge in [0.1, 0.15) is 17.8 Å². The highest BCUT2D eigenvalue weighted by Gasteiger charge is 2.17. The molecule has 0 bridgehead atoms. The van der Waals surface area contributed by atoms with Gasteiger partial charge in [0, 0.05) is 12.2 Å². The minimum Gasteiger partial charge on any atom is -0.437 e. The Morgan fingerprint density at radius 1 is 1.04 bits per heavy atom. The lowest BCUT2D eigenvalue weighted by Gasteiger charge is -2.24. The molecule has 0 amide bonds. The second-order valence-corrected chi connectivity index (χ2v) is 6.10. The molecule has 0 unspecified atom stereocenters. The molecule has 0 aliphatic rings. The second-order valence-electron chi connectivity index (χ2n) is 6.10. The molecule has 0 aliphatic heterocycles. The van der Waals surface area contributed by atoms with Crippen molar-refractivity contribution < 1.29 is 4.74 Å². The van der Waals surface area contributed by atoms with Crippen LogP contribution in [-0.4, -0.2) is 16.5 Å². The molecule has 2 aromatic carbocycles. The van der Waals surface area contributed by atoms with Crippen molar-refractivity contribution in [1.82, 2.24) is 9.97 Å². The number of benzene rings is 2. The van der Waals surface area contributed by atoms with E-state index in [1.54, 1.807) is 0 Å². The van der Waals surface area contributed by atoms with Crippen LogP contribution in [0.15, 0.2) is 54.9 Å². The van der Waals surface area contributed by atoms with Crippen molar-refractivity contribution in [3.05, 3.63) is 66.0 Å². The first kappa shape index (κ1) is 17.7. The number of ether oxygens (including phenoxy) is 1. The summed E-state index contributed by atoms with van der Waals surface area (Å²) in [5.41, 5.74) is 10.2. The van der Waals surface area contributed by atoms with Crippen LogP contribution in [0, 0.1) is 6.92 Å². The molecule has 5 heteroatoms. The topological polar surface area (TPSA) is 64.3 Å². The Balaban J connectivity index is 1.92. The van der Waals surface area contributed by atoms with Crippen LogP contribution in [-0.2, 0) is 6.42 Å². The van der Waals surface area contributed by atoms with E-state index in [4.69, 9.17) is 10.5 Å². The Hall–Kier alpha value is -3.08. The lowest BCUT2D eigenvalue weighted by Crippen LogP contribution is -2.19. The van der Waals surface area contributed by atoms with E-state index in [0.29, 0.717) is 23.1 Å². The van der Waals surface area contributed by atoms with Gasteiger partial charge in [0.05, 0.1) is 0 Å². The standard InChI is InChI=1S/C21H24N4O/c1-4-16-9-11-18(12-10-16)26-21-19(22)20(23-14-24-21)25(5-2)17-8-6-7-15(3)13-17/h6-14H,4-5,22H2,1-3H3. The average molecular weight is 348 g/mol. The van der Waals surface area contributed by atoms with Gasteiger partial charge in [-0.3, -0.25) is 0 Å².